The number of hydrogen-bond donors (Lipinski definition) is 3. The predicted octanol–water partition coefficient (Wildman–Crippen LogP) is 1.03. The highest BCUT2D eigenvalue weighted by molar-refractivity contribution is 5.74. The lowest BCUT2D eigenvalue weighted by atomic mass is 9.83. The van der Waals surface area contributed by atoms with Gasteiger partial charge in [0, 0.05) is 0 Å². The van der Waals surface area contributed by atoms with Gasteiger partial charge in [0.25, 0.3) is 0 Å². The summed E-state index contributed by atoms with van der Waals surface area (Å²) < 4.78 is 0. The van der Waals surface area contributed by atoms with Crippen molar-refractivity contribution in [1.82, 2.24) is 6.15 Å². The summed E-state index contributed by atoms with van der Waals surface area (Å²) in [5.41, 5.74) is -0.986. The van der Waals surface area contributed by atoms with Gasteiger partial charge in [-0.2, -0.15) is 0 Å². The average molecular weight is 163 g/mol. The van der Waals surface area contributed by atoms with Gasteiger partial charge in [0.1, 0.15) is 0 Å². The van der Waals surface area contributed by atoms with Crippen LogP contribution in [-0.4, -0.2) is 22.3 Å². The van der Waals surface area contributed by atoms with Crippen LogP contribution in [0.3, 0.4) is 0 Å². The molecule has 0 saturated heterocycles. The van der Waals surface area contributed by atoms with E-state index in [1.165, 1.54) is 6.92 Å². The van der Waals surface area contributed by atoms with Gasteiger partial charge in [0.05, 0.1) is 11.5 Å². The summed E-state index contributed by atoms with van der Waals surface area (Å²) in [6, 6.07) is 0. The minimum atomic E-state index is -0.986. The number of carboxylic acid groups (broad SMARTS) is 1. The van der Waals surface area contributed by atoms with Crippen molar-refractivity contribution in [2.45, 2.75) is 33.3 Å². The molecule has 11 heavy (non-hydrogen) atoms. The van der Waals surface area contributed by atoms with Crippen LogP contribution in [0.1, 0.15) is 27.2 Å². The summed E-state index contributed by atoms with van der Waals surface area (Å²) in [6.45, 7) is 4.79. The van der Waals surface area contributed by atoms with E-state index >= 15 is 0 Å². The second-order valence-corrected chi connectivity index (χ2v) is 2.75. The molecule has 0 rings (SSSR count). The van der Waals surface area contributed by atoms with Crippen LogP contribution in [-0.2, 0) is 4.79 Å². The highest BCUT2D eigenvalue weighted by Crippen LogP contribution is 2.25. The van der Waals surface area contributed by atoms with Gasteiger partial charge in [0.2, 0.25) is 0 Å². The van der Waals surface area contributed by atoms with Crippen molar-refractivity contribution in [1.29, 1.82) is 0 Å². The molecule has 0 heterocycles. The first-order chi connectivity index (χ1) is 4.45. The molecule has 2 unspecified atom stereocenters. The highest BCUT2D eigenvalue weighted by atomic mass is 16.4. The standard InChI is InChI=1S/C7H14O3.H3N/c1-4-7(3,5(2)8)6(9)10;/h5,8H,4H2,1-3H3,(H,9,10);1H3. The fraction of sp³-hybridized carbons (Fsp3) is 0.857. The Labute approximate surface area is 66.8 Å². The third-order valence-electron chi connectivity index (χ3n) is 2.15. The quantitative estimate of drug-likeness (QED) is 0.579. The van der Waals surface area contributed by atoms with Crippen LogP contribution in [0.5, 0.6) is 0 Å². The van der Waals surface area contributed by atoms with Gasteiger partial charge >= 0.3 is 5.97 Å². The van der Waals surface area contributed by atoms with Crippen molar-refractivity contribution in [3.8, 4) is 0 Å². The SMILES string of the molecule is CCC(C)(C(=O)O)C(C)O.N. The zero-order valence-corrected chi connectivity index (χ0v) is 7.29. The molecule has 2 atom stereocenters. The van der Waals surface area contributed by atoms with Crippen LogP contribution in [0.15, 0.2) is 0 Å². The molecule has 0 saturated carbocycles. The van der Waals surface area contributed by atoms with E-state index in [9.17, 15) is 4.79 Å². The third kappa shape index (κ3) is 2.48. The Morgan fingerprint density at radius 3 is 2.00 bits per heavy atom. The normalized spacial score (nSPS) is 17.8. The fourth-order valence-electron chi connectivity index (χ4n) is 0.625. The zero-order chi connectivity index (χ0) is 8.36. The molecule has 4 heteroatoms. The van der Waals surface area contributed by atoms with Crippen molar-refractivity contribution in [3.63, 3.8) is 0 Å². The Kier molecular flexibility index (Phi) is 5.09. The molecule has 68 valence electrons. The minimum absolute atomic E-state index is 0. The number of carboxylic acids is 1. The number of carbonyl (C=O) groups is 1. The summed E-state index contributed by atoms with van der Waals surface area (Å²) in [6.07, 6.45) is -0.352. The first-order valence-electron chi connectivity index (χ1n) is 3.36. The molecule has 0 fully saturated rings. The smallest absolute Gasteiger partial charge is 0.311 e. The lowest BCUT2D eigenvalue weighted by Crippen LogP contribution is -2.37. The van der Waals surface area contributed by atoms with Crippen LogP contribution >= 0.6 is 0 Å². The number of rotatable bonds is 3. The Morgan fingerprint density at radius 2 is 2.00 bits per heavy atom. The fourth-order valence-corrected chi connectivity index (χ4v) is 0.625. The largest absolute Gasteiger partial charge is 0.481 e. The van der Waals surface area contributed by atoms with E-state index in [2.05, 4.69) is 0 Å². The van der Waals surface area contributed by atoms with Crippen LogP contribution in [0.2, 0.25) is 0 Å². The van der Waals surface area contributed by atoms with Gasteiger partial charge in [-0.3, -0.25) is 4.79 Å². The van der Waals surface area contributed by atoms with Gasteiger partial charge in [-0.1, -0.05) is 6.92 Å². The first kappa shape index (κ1) is 13.0. The molecule has 4 nitrogen and oxygen atoms in total. The van der Waals surface area contributed by atoms with Crippen molar-refractivity contribution in [2.24, 2.45) is 5.41 Å². The second-order valence-electron chi connectivity index (χ2n) is 2.75. The van der Waals surface area contributed by atoms with E-state index < -0.39 is 17.5 Å². The van der Waals surface area contributed by atoms with Crippen molar-refractivity contribution in [3.05, 3.63) is 0 Å². The van der Waals surface area contributed by atoms with Crippen LogP contribution in [0, 0.1) is 5.41 Å². The van der Waals surface area contributed by atoms with E-state index in [0.29, 0.717) is 6.42 Å². The minimum Gasteiger partial charge on any atom is -0.481 e. The monoisotopic (exact) mass is 163 g/mol. The maximum atomic E-state index is 10.5. The van der Waals surface area contributed by atoms with Crippen molar-refractivity contribution >= 4 is 5.97 Å². The lowest BCUT2D eigenvalue weighted by molar-refractivity contribution is -0.154. The Morgan fingerprint density at radius 1 is 1.64 bits per heavy atom. The Bertz CT molecular complexity index is 136. The third-order valence-corrected chi connectivity index (χ3v) is 2.15. The molecule has 0 spiro atoms. The Hall–Kier alpha value is -0.610. The molecule has 0 radical (unpaired) electrons. The summed E-state index contributed by atoms with van der Waals surface area (Å²) >= 11 is 0. The summed E-state index contributed by atoms with van der Waals surface area (Å²) in [5, 5.41) is 17.7. The van der Waals surface area contributed by atoms with Gasteiger partial charge < -0.3 is 16.4 Å². The molecule has 0 bridgehead atoms. The number of aliphatic hydroxyl groups excluding tert-OH is 1. The molecule has 0 aromatic heterocycles. The molecule has 0 aliphatic heterocycles. The molecule has 0 aliphatic rings. The molecular weight excluding hydrogens is 146 g/mol. The molecule has 0 aromatic rings. The first-order valence-corrected chi connectivity index (χ1v) is 3.36. The van der Waals surface area contributed by atoms with Gasteiger partial charge in [-0.15, -0.1) is 0 Å². The van der Waals surface area contributed by atoms with E-state index in [1.807, 2.05) is 0 Å². The van der Waals surface area contributed by atoms with Gasteiger partial charge in [0.15, 0.2) is 0 Å². The lowest BCUT2D eigenvalue weighted by Gasteiger charge is -2.25. The number of aliphatic carboxylic acids is 1. The maximum Gasteiger partial charge on any atom is 0.311 e. The average Bonchev–Trinajstić information content (AvgIpc) is 1.85. The van der Waals surface area contributed by atoms with Crippen molar-refractivity contribution < 1.29 is 15.0 Å². The van der Waals surface area contributed by atoms with Crippen LogP contribution in [0.25, 0.3) is 0 Å². The number of hydrogen-bond acceptors (Lipinski definition) is 3. The number of aliphatic hydroxyl groups is 1. The van der Waals surface area contributed by atoms with Gasteiger partial charge in [-0.05, 0) is 20.3 Å². The maximum absolute atomic E-state index is 10.5. The van der Waals surface area contributed by atoms with E-state index in [1.54, 1.807) is 13.8 Å². The second kappa shape index (κ2) is 4.31. The molecule has 0 amide bonds. The summed E-state index contributed by atoms with van der Waals surface area (Å²) in [5.74, 6) is -0.940. The molecular formula is C7H17NO3. The molecule has 0 aromatic carbocycles. The van der Waals surface area contributed by atoms with E-state index in [0.717, 1.165) is 0 Å². The van der Waals surface area contributed by atoms with E-state index in [4.69, 9.17) is 10.2 Å². The van der Waals surface area contributed by atoms with Gasteiger partial charge in [-0.25, -0.2) is 0 Å². The van der Waals surface area contributed by atoms with E-state index in [-0.39, 0.29) is 6.15 Å². The molecule has 0 aliphatic carbocycles. The zero-order valence-electron chi connectivity index (χ0n) is 7.29. The highest BCUT2D eigenvalue weighted by Gasteiger charge is 2.35. The topological polar surface area (TPSA) is 92.5 Å². The van der Waals surface area contributed by atoms with Crippen LogP contribution in [0.4, 0.5) is 0 Å². The molecule has 5 N–H and O–H groups in total. The van der Waals surface area contributed by atoms with Crippen molar-refractivity contribution in [2.75, 3.05) is 0 Å². The summed E-state index contributed by atoms with van der Waals surface area (Å²) in [7, 11) is 0. The Balaban J connectivity index is 0. The summed E-state index contributed by atoms with van der Waals surface area (Å²) in [4.78, 5) is 10.5. The predicted molar refractivity (Wildman–Crippen MR) is 42.7 cm³/mol. The van der Waals surface area contributed by atoms with Crippen LogP contribution < -0.4 is 6.15 Å².